The van der Waals surface area contributed by atoms with Crippen molar-refractivity contribution in [1.82, 2.24) is 5.32 Å². The van der Waals surface area contributed by atoms with E-state index in [1.54, 1.807) is 0 Å². The zero-order valence-corrected chi connectivity index (χ0v) is 13.2. The number of ether oxygens (including phenoxy) is 2. The number of nitrogens with one attached hydrogen (secondary N) is 1. The highest BCUT2D eigenvalue weighted by Gasteiger charge is 2.41. The molecule has 24 heavy (non-hydrogen) atoms. The van der Waals surface area contributed by atoms with Crippen molar-refractivity contribution in [2.24, 2.45) is 0 Å². The van der Waals surface area contributed by atoms with Gasteiger partial charge in [-0.15, -0.1) is 0 Å². The van der Waals surface area contributed by atoms with Crippen molar-refractivity contribution >= 4 is 11.9 Å². The average Bonchev–Trinajstić information content (AvgIpc) is 2.55. The molecule has 0 aliphatic heterocycles. The fourth-order valence-electron chi connectivity index (χ4n) is 2.84. The van der Waals surface area contributed by atoms with E-state index < -0.39 is 24.0 Å². The number of hydrogen-bond donors (Lipinski definition) is 2. The standard InChI is InChI=1S/C16H19F2NO5/c1-23-12-9-10(5-6-11(12)24-15(17)18)13(20)19-16(14(21)22)7-3-2-4-8-16/h5-6,9,15H,2-4,7-8H2,1H3,(H,19,20)(H,21,22). The maximum Gasteiger partial charge on any atom is 0.387 e. The van der Waals surface area contributed by atoms with Gasteiger partial charge >= 0.3 is 12.6 Å². The SMILES string of the molecule is COc1cc(C(=O)NC2(C(=O)O)CCCCC2)ccc1OC(F)F. The lowest BCUT2D eigenvalue weighted by atomic mass is 9.81. The lowest BCUT2D eigenvalue weighted by molar-refractivity contribution is -0.145. The molecule has 132 valence electrons. The molecule has 1 aliphatic rings. The van der Waals surface area contributed by atoms with Crippen molar-refractivity contribution in [3.05, 3.63) is 23.8 Å². The molecule has 0 unspecified atom stereocenters. The van der Waals surface area contributed by atoms with Crippen LogP contribution in [0.5, 0.6) is 11.5 Å². The summed E-state index contributed by atoms with van der Waals surface area (Å²) in [7, 11) is 1.26. The number of benzene rings is 1. The van der Waals surface area contributed by atoms with Crippen LogP contribution in [0, 0.1) is 0 Å². The second kappa shape index (κ2) is 7.46. The Morgan fingerprint density at radius 1 is 1.21 bits per heavy atom. The smallest absolute Gasteiger partial charge is 0.387 e. The van der Waals surface area contributed by atoms with Gasteiger partial charge in [0.1, 0.15) is 5.54 Å². The molecular weight excluding hydrogens is 324 g/mol. The van der Waals surface area contributed by atoms with Gasteiger partial charge in [-0.05, 0) is 31.0 Å². The first-order valence-electron chi connectivity index (χ1n) is 7.57. The van der Waals surface area contributed by atoms with Crippen LogP contribution in [-0.4, -0.2) is 36.2 Å². The third-order valence-corrected chi connectivity index (χ3v) is 4.11. The number of amides is 1. The molecule has 0 saturated heterocycles. The fourth-order valence-corrected chi connectivity index (χ4v) is 2.84. The van der Waals surface area contributed by atoms with Gasteiger partial charge in [0, 0.05) is 5.56 Å². The highest BCUT2D eigenvalue weighted by molar-refractivity contribution is 5.98. The van der Waals surface area contributed by atoms with Crippen molar-refractivity contribution in [2.45, 2.75) is 44.3 Å². The summed E-state index contributed by atoms with van der Waals surface area (Å²) < 4.78 is 33.9. The number of aliphatic carboxylic acids is 1. The molecular formula is C16H19F2NO5. The molecule has 1 fully saturated rings. The number of carbonyl (C=O) groups excluding carboxylic acids is 1. The Hall–Kier alpha value is -2.38. The van der Waals surface area contributed by atoms with Gasteiger partial charge in [-0.3, -0.25) is 4.79 Å². The van der Waals surface area contributed by atoms with Gasteiger partial charge in [-0.1, -0.05) is 19.3 Å². The molecule has 1 saturated carbocycles. The molecule has 6 nitrogen and oxygen atoms in total. The van der Waals surface area contributed by atoms with Crippen molar-refractivity contribution in [3.8, 4) is 11.5 Å². The molecule has 0 heterocycles. The van der Waals surface area contributed by atoms with E-state index in [0.717, 1.165) is 19.3 Å². The van der Waals surface area contributed by atoms with Crippen molar-refractivity contribution in [1.29, 1.82) is 0 Å². The minimum absolute atomic E-state index is 0.0315. The predicted octanol–water partition coefficient (Wildman–Crippen LogP) is 2.81. The number of rotatable bonds is 6. The summed E-state index contributed by atoms with van der Waals surface area (Å²) in [5.41, 5.74) is -1.18. The second-order valence-electron chi connectivity index (χ2n) is 5.65. The second-order valence-corrected chi connectivity index (χ2v) is 5.65. The van der Waals surface area contributed by atoms with Crippen molar-refractivity contribution < 1.29 is 33.0 Å². The van der Waals surface area contributed by atoms with E-state index in [2.05, 4.69) is 10.1 Å². The van der Waals surface area contributed by atoms with Crippen LogP contribution in [0.1, 0.15) is 42.5 Å². The largest absolute Gasteiger partial charge is 0.493 e. The van der Waals surface area contributed by atoms with Crippen molar-refractivity contribution in [2.75, 3.05) is 7.11 Å². The molecule has 0 aromatic heterocycles. The van der Waals surface area contributed by atoms with E-state index in [4.69, 9.17) is 4.74 Å². The summed E-state index contributed by atoms with van der Waals surface area (Å²) in [6, 6.07) is 3.72. The Balaban J connectivity index is 2.21. The first kappa shape index (κ1) is 18.0. The highest BCUT2D eigenvalue weighted by atomic mass is 19.3. The third-order valence-electron chi connectivity index (χ3n) is 4.11. The third kappa shape index (κ3) is 3.93. The minimum atomic E-state index is -3.02. The Morgan fingerprint density at radius 2 is 1.88 bits per heavy atom. The van der Waals surface area contributed by atoms with Crippen LogP contribution in [-0.2, 0) is 4.79 Å². The van der Waals surface area contributed by atoms with E-state index in [1.165, 1.54) is 25.3 Å². The van der Waals surface area contributed by atoms with E-state index in [-0.39, 0.29) is 17.1 Å². The maximum absolute atomic E-state index is 12.4. The van der Waals surface area contributed by atoms with Gasteiger partial charge in [0.25, 0.3) is 5.91 Å². The van der Waals surface area contributed by atoms with Crippen LogP contribution >= 0.6 is 0 Å². The molecule has 8 heteroatoms. The van der Waals surface area contributed by atoms with Gasteiger partial charge < -0.3 is 19.9 Å². The van der Waals surface area contributed by atoms with Crippen LogP contribution in [0.4, 0.5) is 8.78 Å². The summed E-state index contributed by atoms with van der Waals surface area (Å²) in [6.07, 6.45) is 3.09. The fraction of sp³-hybridized carbons (Fsp3) is 0.500. The molecule has 1 aromatic carbocycles. The molecule has 1 amide bonds. The maximum atomic E-state index is 12.4. The number of carboxylic acids is 1. The Labute approximate surface area is 137 Å². The number of carbonyl (C=O) groups is 2. The monoisotopic (exact) mass is 343 g/mol. The van der Waals surface area contributed by atoms with E-state index in [0.29, 0.717) is 12.8 Å². The van der Waals surface area contributed by atoms with Crippen LogP contribution in [0.15, 0.2) is 18.2 Å². The molecule has 2 rings (SSSR count). The molecule has 0 bridgehead atoms. The summed E-state index contributed by atoms with van der Waals surface area (Å²) in [4.78, 5) is 24.0. The Kier molecular flexibility index (Phi) is 5.58. The van der Waals surface area contributed by atoms with Crippen molar-refractivity contribution in [3.63, 3.8) is 0 Å². The molecule has 0 spiro atoms. The summed E-state index contributed by atoms with van der Waals surface area (Å²) in [5.74, 6) is -1.90. The highest BCUT2D eigenvalue weighted by Crippen LogP contribution is 2.31. The number of hydrogen-bond acceptors (Lipinski definition) is 4. The topological polar surface area (TPSA) is 84.9 Å². The van der Waals surface area contributed by atoms with Crippen LogP contribution in [0.2, 0.25) is 0 Å². The normalized spacial score (nSPS) is 16.5. The zero-order valence-electron chi connectivity index (χ0n) is 13.2. The molecule has 0 atom stereocenters. The van der Waals surface area contributed by atoms with E-state index >= 15 is 0 Å². The summed E-state index contributed by atoms with van der Waals surface area (Å²) >= 11 is 0. The average molecular weight is 343 g/mol. The number of methoxy groups -OCH3 is 1. The van der Waals surface area contributed by atoms with E-state index in [9.17, 15) is 23.5 Å². The number of carboxylic acid groups (broad SMARTS) is 1. The van der Waals surface area contributed by atoms with Gasteiger partial charge in [0.15, 0.2) is 11.5 Å². The lowest BCUT2D eigenvalue weighted by Gasteiger charge is -2.34. The molecule has 2 N–H and O–H groups in total. The lowest BCUT2D eigenvalue weighted by Crippen LogP contribution is -2.55. The van der Waals surface area contributed by atoms with E-state index in [1.807, 2.05) is 0 Å². The van der Waals surface area contributed by atoms with Gasteiger partial charge in [0.2, 0.25) is 0 Å². The van der Waals surface area contributed by atoms with Crippen LogP contribution < -0.4 is 14.8 Å². The Morgan fingerprint density at radius 3 is 2.42 bits per heavy atom. The summed E-state index contributed by atoms with van der Waals surface area (Å²) in [6.45, 7) is -3.02. The van der Waals surface area contributed by atoms with Crippen LogP contribution in [0.25, 0.3) is 0 Å². The van der Waals surface area contributed by atoms with Gasteiger partial charge in [-0.25, -0.2) is 4.79 Å². The Bertz CT molecular complexity index is 614. The summed E-state index contributed by atoms with van der Waals surface area (Å²) in [5, 5.41) is 12.1. The first-order valence-corrected chi connectivity index (χ1v) is 7.57. The quantitative estimate of drug-likeness (QED) is 0.830. The predicted molar refractivity (Wildman–Crippen MR) is 80.5 cm³/mol. The zero-order chi connectivity index (χ0) is 17.7. The molecule has 0 radical (unpaired) electrons. The number of alkyl halides is 2. The van der Waals surface area contributed by atoms with Gasteiger partial charge in [0.05, 0.1) is 7.11 Å². The first-order chi connectivity index (χ1) is 11.4. The molecule has 1 aliphatic carbocycles. The van der Waals surface area contributed by atoms with Gasteiger partial charge in [-0.2, -0.15) is 8.78 Å². The number of halogens is 2. The van der Waals surface area contributed by atoms with Crippen LogP contribution in [0.3, 0.4) is 0 Å². The minimum Gasteiger partial charge on any atom is -0.493 e. The molecule has 1 aromatic rings.